The Balaban J connectivity index is 2.50. The Bertz CT molecular complexity index is 570. The van der Waals surface area contributed by atoms with Gasteiger partial charge in [-0.2, -0.15) is 0 Å². The van der Waals surface area contributed by atoms with Gasteiger partial charge in [-0.25, -0.2) is 4.79 Å². The van der Waals surface area contributed by atoms with Gasteiger partial charge < -0.3 is 14.3 Å². The number of hydrogen-bond donors (Lipinski definition) is 1. The molecule has 0 unspecified atom stereocenters. The van der Waals surface area contributed by atoms with Gasteiger partial charge >= 0.3 is 12.3 Å². The van der Waals surface area contributed by atoms with Crippen LogP contribution < -0.4 is 4.74 Å². The van der Waals surface area contributed by atoms with Gasteiger partial charge in [0.15, 0.2) is 5.58 Å². The number of carbonyl (C=O) groups is 1. The van der Waals surface area contributed by atoms with Crippen molar-refractivity contribution in [2.45, 2.75) is 6.36 Å². The van der Waals surface area contributed by atoms with Gasteiger partial charge in [-0.05, 0) is 6.07 Å². The van der Waals surface area contributed by atoms with Crippen molar-refractivity contribution < 1.29 is 32.2 Å². The van der Waals surface area contributed by atoms with E-state index in [0.717, 1.165) is 6.07 Å². The number of para-hydroxylation sites is 1. The van der Waals surface area contributed by atoms with Crippen LogP contribution >= 0.6 is 0 Å². The molecule has 1 aromatic carbocycles. The SMILES string of the molecule is O=C(O)c1cccc2cc(OC(F)(F)F)oc12. The van der Waals surface area contributed by atoms with E-state index in [1.54, 1.807) is 0 Å². The van der Waals surface area contributed by atoms with E-state index in [1.165, 1.54) is 18.2 Å². The number of furan rings is 1. The standard InChI is InChI=1S/C10H5F3O4/c11-10(12,13)17-7-4-5-2-1-3-6(9(14)15)8(5)16-7/h1-4H,(H,14,15). The minimum atomic E-state index is -4.88. The second kappa shape index (κ2) is 3.69. The van der Waals surface area contributed by atoms with E-state index in [2.05, 4.69) is 4.74 Å². The third-order valence-electron chi connectivity index (χ3n) is 1.97. The molecule has 0 aliphatic heterocycles. The molecule has 0 aliphatic carbocycles. The average Bonchev–Trinajstić information content (AvgIpc) is 2.55. The molecule has 1 N–H and O–H groups in total. The molecule has 0 radical (unpaired) electrons. The molecule has 2 rings (SSSR count). The lowest BCUT2D eigenvalue weighted by Crippen LogP contribution is -2.16. The summed E-state index contributed by atoms with van der Waals surface area (Å²) in [5.74, 6) is -2.08. The van der Waals surface area contributed by atoms with E-state index in [9.17, 15) is 18.0 Å². The summed E-state index contributed by atoms with van der Waals surface area (Å²) < 4.78 is 44.1. The third-order valence-corrected chi connectivity index (χ3v) is 1.97. The highest BCUT2D eigenvalue weighted by molar-refractivity contribution is 6.01. The van der Waals surface area contributed by atoms with Gasteiger partial charge in [-0.3, -0.25) is 0 Å². The Morgan fingerprint density at radius 1 is 1.35 bits per heavy atom. The summed E-state index contributed by atoms with van der Waals surface area (Å²) in [4.78, 5) is 10.8. The summed E-state index contributed by atoms with van der Waals surface area (Å²) in [5.41, 5.74) is -0.376. The first-order valence-corrected chi connectivity index (χ1v) is 4.38. The van der Waals surface area contributed by atoms with Gasteiger partial charge in [0.1, 0.15) is 5.56 Å². The molecule has 2 aromatic rings. The maximum Gasteiger partial charge on any atom is 0.575 e. The first-order chi connectivity index (χ1) is 7.87. The van der Waals surface area contributed by atoms with Crippen molar-refractivity contribution in [3.8, 4) is 5.95 Å². The van der Waals surface area contributed by atoms with Crippen LogP contribution in [0, 0.1) is 0 Å². The Kier molecular flexibility index (Phi) is 2.45. The van der Waals surface area contributed by atoms with Gasteiger partial charge in [-0.1, -0.05) is 12.1 Å². The number of benzene rings is 1. The Morgan fingerprint density at radius 3 is 2.65 bits per heavy atom. The van der Waals surface area contributed by atoms with Crippen LogP contribution in [0.2, 0.25) is 0 Å². The number of aromatic carboxylic acids is 1. The fourth-order valence-electron chi connectivity index (χ4n) is 1.37. The minimum absolute atomic E-state index is 0.153. The highest BCUT2D eigenvalue weighted by atomic mass is 19.4. The second-order valence-electron chi connectivity index (χ2n) is 3.14. The maximum atomic E-state index is 11.9. The molecule has 0 amide bonds. The molecule has 0 aliphatic rings. The molecule has 0 fully saturated rings. The number of carboxylic acids is 1. The zero-order chi connectivity index (χ0) is 12.6. The van der Waals surface area contributed by atoms with Crippen LogP contribution in [0.3, 0.4) is 0 Å². The minimum Gasteiger partial charge on any atom is -0.478 e. The van der Waals surface area contributed by atoms with E-state index in [4.69, 9.17) is 9.52 Å². The first-order valence-electron chi connectivity index (χ1n) is 4.38. The van der Waals surface area contributed by atoms with Crippen molar-refractivity contribution in [2.24, 2.45) is 0 Å². The molecule has 0 atom stereocenters. The van der Waals surface area contributed by atoms with Crippen molar-refractivity contribution in [1.82, 2.24) is 0 Å². The molecular weight excluding hydrogens is 241 g/mol. The van der Waals surface area contributed by atoms with Crippen molar-refractivity contribution in [1.29, 1.82) is 0 Å². The second-order valence-corrected chi connectivity index (χ2v) is 3.14. The number of halogens is 3. The lowest BCUT2D eigenvalue weighted by molar-refractivity contribution is -0.280. The lowest BCUT2D eigenvalue weighted by atomic mass is 10.1. The van der Waals surface area contributed by atoms with Crippen LogP contribution in [0.5, 0.6) is 5.95 Å². The van der Waals surface area contributed by atoms with E-state index in [0.29, 0.717) is 0 Å². The topological polar surface area (TPSA) is 59.7 Å². The molecule has 1 aromatic heterocycles. The van der Waals surface area contributed by atoms with Crippen LogP contribution in [0.25, 0.3) is 11.0 Å². The molecular formula is C10H5F3O4. The first kappa shape index (κ1) is 11.3. The molecule has 90 valence electrons. The molecule has 0 bridgehead atoms. The van der Waals surface area contributed by atoms with Gasteiger partial charge in [-0.15, -0.1) is 13.2 Å². The van der Waals surface area contributed by atoms with Crippen LogP contribution in [0.15, 0.2) is 28.7 Å². The van der Waals surface area contributed by atoms with E-state index < -0.39 is 18.3 Å². The Labute approximate surface area is 92.2 Å². The van der Waals surface area contributed by atoms with E-state index in [1.807, 2.05) is 0 Å². The van der Waals surface area contributed by atoms with Crippen molar-refractivity contribution in [3.05, 3.63) is 29.8 Å². The molecule has 1 heterocycles. The quantitative estimate of drug-likeness (QED) is 0.884. The van der Waals surface area contributed by atoms with Gasteiger partial charge in [0.05, 0.1) is 0 Å². The van der Waals surface area contributed by atoms with Crippen molar-refractivity contribution in [3.63, 3.8) is 0 Å². The zero-order valence-electron chi connectivity index (χ0n) is 8.12. The summed E-state index contributed by atoms with van der Waals surface area (Å²) in [7, 11) is 0. The number of rotatable bonds is 2. The summed E-state index contributed by atoms with van der Waals surface area (Å²) in [5, 5.41) is 9.03. The number of hydrogen-bond acceptors (Lipinski definition) is 3. The van der Waals surface area contributed by atoms with Gasteiger partial charge in [0, 0.05) is 11.5 Å². The maximum absolute atomic E-state index is 11.9. The molecule has 0 saturated heterocycles. The fourth-order valence-corrected chi connectivity index (χ4v) is 1.37. The van der Waals surface area contributed by atoms with Crippen molar-refractivity contribution in [2.75, 3.05) is 0 Å². The highest BCUT2D eigenvalue weighted by Gasteiger charge is 2.33. The molecule has 17 heavy (non-hydrogen) atoms. The predicted molar refractivity (Wildman–Crippen MR) is 49.9 cm³/mol. The fraction of sp³-hybridized carbons (Fsp3) is 0.100. The Hall–Kier alpha value is -2.18. The predicted octanol–water partition coefficient (Wildman–Crippen LogP) is 3.03. The summed E-state index contributed by atoms with van der Waals surface area (Å²) in [6.07, 6.45) is -4.88. The smallest absolute Gasteiger partial charge is 0.478 e. The van der Waals surface area contributed by atoms with Crippen LogP contribution in [-0.2, 0) is 0 Å². The van der Waals surface area contributed by atoms with Crippen molar-refractivity contribution >= 4 is 16.9 Å². The highest BCUT2D eigenvalue weighted by Crippen LogP contribution is 2.31. The normalized spacial score (nSPS) is 11.7. The van der Waals surface area contributed by atoms with Crippen LogP contribution in [-0.4, -0.2) is 17.4 Å². The lowest BCUT2D eigenvalue weighted by Gasteiger charge is -2.03. The average molecular weight is 246 g/mol. The largest absolute Gasteiger partial charge is 0.575 e. The number of ether oxygens (including phenoxy) is 1. The van der Waals surface area contributed by atoms with Crippen LogP contribution in [0.1, 0.15) is 10.4 Å². The number of fused-ring (bicyclic) bond motifs is 1. The molecule has 7 heteroatoms. The van der Waals surface area contributed by atoms with Gasteiger partial charge in [0.2, 0.25) is 0 Å². The summed E-state index contributed by atoms with van der Waals surface area (Å²) in [6, 6.07) is 5.04. The number of carboxylic acid groups (broad SMARTS) is 1. The monoisotopic (exact) mass is 246 g/mol. The molecule has 4 nitrogen and oxygen atoms in total. The number of alkyl halides is 3. The zero-order valence-corrected chi connectivity index (χ0v) is 8.12. The van der Waals surface area contributed by atoms with Gasteiger partial charge in [0.25, 0.3) is 5.95 Å². The molecule has 0 saturated carbocycles. The van der Waals surface area contributed by atoms with E-state index in [-0.39, 0.29) is 16.5 Å². The molecule has 0 spiro atoms. The van der Waals surface area contributed by atoms with E-state index >= 15 is 0 Å². The third kappa shape index (κ3) is 2.32. The summed E-state index contributed by atoms with van der Waals surface area (Å²) in [6.45, 7) is 0. The Morgan fingerprint density at radius 2 is 2.06 bits per heavy atom. The summed E-state index contributed by atoms with van der Waals surface area (Å²) >= 11 is 0. The van der Waals surface area contributed by atoms with Crippen LogP contribution in [0.4, 0.5) is 13.2 Å².